The monoisotopic (exact) mass is 441 g/mol. The highest BCUT2D eigenvalue weighted by molar-refractivity contribution is 5.94. The number of ether oxygens (including phenoxy) is 2. The molecule has 174 valence electrons. The maximum atomic E-state index is 12.6. The van der Waals surface area contributed by atoms with Crippen molar-refractivity contribution in [3.63, 3.8) is 0 Å². The Morgan fingerprint density at radius 2 is 1.72 bits per heavy atom. The molecule has 3 fully saturated rings. The van der Waals surface area contributed by atoms with Gasteiger partial charge in [0.1, 0.15) is 6.61 Å². The van der Waals surface area contributed by atoms with E-state index in [9.17, 15) is 9.59 Å². The van der Waals surface area contributed by atoms with Crippen LogP contribution in [0.1, 0.15) is 51.0 Å². The number of amides is 2. The van der Waals surface area contributed by atoms with Crippen molar-refractivity contribution in [1.29, 1.82) is 0 Å². The van der Waals surface area contributed by atoms with Crippen molar-refractivity contribution in [3.8, 4) is 0 Å². The number of hydrogen-bond donors (Lipinski definition) is 0. The molecule has 4 aliphatic rings. The van der Waals surface area contributed by atoms with Gasteiger partial charge in [-0.1, -0.05) is 18.2 Å². The maximum absolute atomic E-state index is 12.6. The second-order valence-corrected chi connectivity index (χ2v) is 9.96. The van der Waals surface area contributed by atoms with Crippen molar-refractivity contribution in [3.05, 3.63) is 29.8 Å². The Morgan fingerprint density at radius 3 is 2.38 bits per heavy atom. The van der Waals surface area contributed by atoms with E-state index in [4.69, 9.17) is 9.47 Å². The summed E-state index contributed by atoms with van der Waals surface area (Å²) in [7, 11) is 1.62. The van der Waals surface area contributed by atoms with Crippen LogP contribution in [0.4, 0.5) is 10.5 Å². The van der Waals surface area contributed by atoms with Crippen LogP contribution >= 0.6 is 0 Å². The summed E-state index contributed by atoms with van der Waals surface area (Å²) in [5.74, 6) is 0.137. The van der Waals surface area contributed by atoms with Crippen molar-refractivity contribution in [2.75, 3.05) is 44.9 Å². The second kappa shape index (κ2) is 8.67. The van der Waals surface area contributed by atoms with Gasteiger partial charge >= 0.3 is 6.09 Å². The lowest BCUT2D eigenvalue weighted by molar-refractivity contribution is -0.116. The van der Waals surface area contributed by atoms with Crippen LogP contribution in [-0.4, -0.2) is 79.9 Å². The zero-order valence-corrected chi connectivity index (χ0v) is 19.3. The molecule has 2 bridgehead atoms. The van der Waals surface area contributed by atoms with E-state index in [0.717, 1.165) is 63.8 Å². The van der Waals surface area contributed by atoms with Crippen LogP contribution in [0.3, 0.4) is 0 Å². The minimum Gasteiger partial charge on any atom is -0.447 e. The fourth-order valence-corrected chi connectivity index (χ4v) is 6.69. The molecule has 7 heteroatoms. The molecule has 4 heterocycles. The SMILES string of the molecule is COCCOC(=O)N1C2CCC1CC(N1CCC3(CC1)CN(C(C)=O)c1ccccc13)C2. The Bertz CT molecular complexity index is 852. The van der Waals surface area contributed by atoms with E-state index >= 15 is 0 Å². The number of para-hydroxylation sites is 1. The summed E-state index contributed by atoms with van der Waals surface area (Å²) < 4.78 is 10.4. The third-order valence-electron chi connectivity index (χ3n) is 8.31. The predicted molar refractivity (Wildman–Crippen MR) is 122 cm³/mol. The molecule has 2 amide bonds. The molecule has 0 N–H and O–H groups in total. The normalized spacial score (nSPS) is 28.8. The number of carbonyl (C=O) groups is 2. The molecule has 7 nitrogen and oxygen atoms in total. The number of anilines is 1. The fourth-order valence-electron chi connectivity index (χ4n) is 6.69. The van der Waals surface area contributed by atoms with Gasteiger partial charge in [0.15, 0.2) is 0 Å². The number of methoxy groups -OCH3 is 1. The molecule has 0 aromatic heterocycles. The third kappa shape index (κ3) is 3.69. The molecule has 1 spiro atoms. The van der Waals surface area contributed by atoms with E-state index in [0.29, 0.717) is 31.3 Å². The van der Waals surface area contributed by atoms with Crippen molar-refractivity contribution in [2.24, 2.45) is 0 Å². The molecule has 2 atom stereocenters. The largest absolute Gasteiger partial charge is 0.447 e. The molecule has 1 aromatic carbocycles. The molecule has 0 saturated carbocycles. The van der Waals surface area contributed by atoms with Gasteiger partial charge in [-0.15, -0.1) is 0 Å². The summed E-state index contributed by atoms with van der Waals surface area (Å²) in [6, 6.07) is 9.59. The molecular weight excluding hydrogens is 406 g/mol. The lowest BCUT2D eigenvalue weighted by atomic mass is 9.73. The summed E-state index contributed by atoms with van der Waals surface area (Å²) in [6.45, 7) is 5.37. The van der Waals surface area contributed by atoms with E-state index in [1.165, 1.54) is 5.56 Å². The van der Waals surface area contributed by atoms with E-state index in [-0.39, 0.29) is 17.4 Å². The van der Waals surface area contributed by atoms with Crippen LogP contribution in [0.5, 0.6) is 0 Å². The number of fused-ring (bicyclic) bond motifs is 4. The molecule has 4 aliphatic heterocycles. The maximum Gasteiger partial charge on any atom is 0.410 e. The highest BCUT2D eigenvalue weighted by Crippen LogP contribution is 2.48. The van der Waals surface area contributed by atoms with Gasteiger partial charge in [-0.2, -0.15) is 0 Å². The van der Waals surface area contributed by atoms with Gasteiger partial charge in [-0.25, -0.2) is 4.79 Å². The Hall–Kier alpha value is -2.12. The van der Waals surface area contributed by atoms with Crippen LogP contribution in [-0.2, 0) is 19.7 Å². The fraction of sp³-hybridized carbons (Fsp3) is 0.680. The quantitative estimate of drug-likeness (QED) is 0.672. The molecule has 5 rings (SSSR count). The van der Waals surface area contributed by atoms with Crippen molar-refractivity contribution in [2.45, 2.75) is 69.0 Å². The molecule has 2 unspecified atom stereocenters. The summed E-state index contributed by atoms with van der Waals surface area (Å²) in [6.07, 6.45) is 6.25. The number of likely N-dealkylation sites (tertiary alicyclic amines) is 1. The van der Waals surface area contributed by atoms with Crippen LogP contribution < -0.4 is 4.90 Å². The molecule has 32 heavy (non-hydrogen) atoms. The van der Waals surface area contributed by atoms with Gasteiger partial charge in [0.25, 0.3) is 0 Å². The molecule has 1 aromatic rings. The van der Waals surface area contributed by atoms with Crippen molar-refractivity contribution in [1.82, 2.24) is 9.80 Å². The Labute approximate surface area is 190 Å². The van der Waals surface area contributed by atoms with Gasteiger partial charge < -0.3 is 24.2 Å². The molecule has 3 saturated heterocycles. The summed E-state index contributed by atoms with van der Waals surface area (Å²) in [4.78, 5) is 31.5. The first-order valence-electron chi connectivity index (χ1n) is 12.1. The highest BCUT2D eigenvalue weighted by atomic mass is 16.6. The van der Waals surface area contributed by atoms with E-state index in [2.05, 4.69) is 23.1 Å². The Morgan fingerprint density at radius 1 is 1.03 bits per heavy atom. The second-order valence-electron chi connectivity index (χ2n) is 9.96. The van der Waals surface area contributed by atoms with Gasteiger partial charge in [0.2, 0.25) is 5.91 Å². The summed E-state index contributed by atoms with van der Waals surface area (Å²) >= 11 is 0. The van der Waals surface area contributed by atoms with Crippen molar-refractivity contribution >= 4 is 17.7 Å². The first kappa shape index (κ1) is 21.7. The minimum absolute atomic E-state index is 0.0869. The van der Waals surface area contributed by atoms with Gasteiger partial charge in [0.05, 0.1) is 6.61 Å². The van der Waals surface area contributed by atoms with E-state index in [1.807, 2.05) is 15.9 Å². The number of nitrogens with zero attached hydrogens (tertiary/aromatic N) is 3. The van der Waals surface area contributed by atoms with Crippen LogP contribution in [0.15, 0.2) is 24.3 Å². The molecule has 0 radical (unpaired) electrons. The topological polar surface area (TPSA) is 62.3 Å². The average Bonchev–Trinajstić information content (AvgIpc) is 3.26. The van der Waals surface area contributed by atoms with Gasteiger partial charge in [0, 0.05) is 49.8 Å². The van der Waals surface area contributed by atoms with Crippen LogP contribution in [0.2, 0.25) is 0 Å². The predicted octanol–water partition coefficient (Wildman–Crippen LogP) is 3.17. The summed E-state index contributed by atoms with van der Waals surface area (Å²) in [5, 5.41) is 0. The van der Waals surface area contributed by atoms with E-state index < -0.39 is 0 Å². The zero-order valence-electron chi connectivity index (χ0n) is 19.3. The summed E-state index contributed by atoms with van der Waals surface area (Å²) in [5.41, 5.74) is 2.54. The van der Waals surface area contributed by atoms with Gasteiger partial charge in [-0.3, -0.25) is 4.79 Å². The lowest BCUT2D eigenvalue weighted by Crippen LogP contribution is -2.55. The molecular formula is C25H35N3O4. The van der Waals surface area contributed by atoms with Crippen LogP contribution in [0.25, 0.3) is 0 Å². The van der Waals surface area contributed by atoms with Gasteiger partial charge in [-0.05, 0) is 63.2 Å². The van der Waals surface area contributed by atoms with Crippen LogP contribution in [0, 0.1) is 0 Å². The number of carbonyl (C=O) groups excluding carboxylic acids is 2. The van der Waals surface area contributed by atoms with E-state index in [1.54, 1.807) is 14.0 Å². The molecule has 0 aliphatic carbocycles. The minimum atomic E-state index is -0.169. The Balaban J connectivity index is 1.22. The standard InChI is InChI=1S/C25H35N3O4/c1-18(29)27-17-25(22-5-3-4-6-23(22)27)9-11-26(12-10-25)21-15-19-7-8-20(16-21)28(19)24(30)32-14-13-31-2/h3-6,19-21H,7-17H2,1-2H3. The first-order valence-corrected chi connectivity index (χ1v) is 12.1. The number of hydrogen-bond acceptors (Lipinski definition) is 5. The smallest absolute Gasteiger partial charge is 0.410 e. The van der Waals surface area contributed by atoms with Crippen molar-refractivity contribution < 1.29 is 19.1 Å². The third-order valence-corrected chi connectivity index (χ3v) is 8.31. The number of benzene rings is 1. The number of rotatable bonds is 4. The lowest BCUT2D eigenvalue weighted by Gasteiger charge is -2.47. The Kier molecular flexibility index (Phi) is 5.88. The highest BCUT2D eigenvalue weighted by Gasteiger charge is 2.49. The zero-order chi connectivity index (χ0) is 22.3. The first-order chi connectivity index (χ1) is 15.5. The number of piperidine rings is 2. The average molecular weight is 442 g/mol.